The van der Waals surface area contributed by atoms with Gasteiger partial charge in [-0.1, -0.05) is 38.1 Å². The Morgan fingerprint density at radius 3 is 2.33 bits per heavy atom. The summed E-state index contributed by atoms with van der Waals surface area (Å²) in [5.74, 6) is 0.577. The van der Waals surface area contributed by atoms with E-state index in [1.807, 2.05) is 24.3 Å². The maximum Gasteiger partial charge on any atom is 0.211 e. The number of sulfonamides is 1. The number of benzene rings is 1. The molecule has 1 aromatic rings. The van der Waals surface area contributed by atoms with Gasteiger partial charge in [0.25, 0.3) is 0 Å². The van der Waals surface area contributed by atoms with Crippen molar-refractivity contribution < 1.29 is 8.42 Å². The summed E-state index contributed by atoms with van der Waals surface area (Å²) in [6.45, 7) is 4.99. The van der Waals surface area contributed by atoms with Crippen LogP contribution in [0, 0.1) is 0 Å². The molecule has 3 N–H and O–H groups in total. The van der Waals surface area contributed by atoms with E-state index in [-0.39, 0.29) is 5.75 Å². The molecule has 102 valence electrons. The van der Waals surface area contributed by atoms with E-state index in [0.29, 0.717) is 25.4 Å². The van der Waals surface area contributed by atoms with Crippen LogP contribution < -0.4 is 10.5 Å². The SMILES string of the molecule is CC(C)c1ccc(CNS(=O)(=O)CCCN)cc1. The van der Waals surface area contributed by atoms with Gasteiger partial charge in [0.15, 0.2) is 0 Å². The normalized spacial score (nSPS) is 12.0. The van der Waals surface area contributed by atoms with Crippen LogP contribution in [0.2, 0.25) is 0 Å². The molecular formula is C13H22N2O2S. The minimum atomic E-state index is -3.20. The van der Waals surface area contributed by atoms with Gasteiger partial charge in [0, 0.05) is 6.54 Å². The summed E-state index contributed by atoms with van der Waals surface area (Å²) in [5.41, 5.74) is 7.52. The predicted octanol–water partition coefficient (Wildman–Crippen LogP) is 1.58. The molecule has 0 unspecified atom stereocenters. The second-order valence-electron chi connectivity index (χ2n) is 4.68. The van der Waals surface area contributed by atoms with Crippen molar-refractivity contribution in [2.75, 3.05) is 12.3 Å². The first-order valence-corrected chi connectivity index (χ1v) is 7.86. The fourth-order valence-corrected chi connectivity index (χ4v) is 2.64. The third-order valence-electron chi connectivity index (χ3n) is 2.76. The van der Waals surface area contributed by atoms with Crippen LogP contribution in [0.1, 0.15) is 37.3 Å². The predicted molar refractivity (Wildman–Crippen MR) is 74.8 cm³/mol. The summed E-state index contributed by atoms with van der Waals surface area (Å²) >= 11 is 0. The Morgan fingerprint density at radius 1 is 1.22 bits per heavy atom. The first-order chi connectivity index (χ1) is 8.44. The van der Waals surface area contributed by atoms with Crippen molar-refractivity contribution in [3.05, 3.63) is 35.4 Å². The minimum absolute atomic E-state index is 0.0909. The van der Waals surface area contributed by atoms with E-state index in [4.69, 9.17) is 5.73 Å². The maximum atomic E-state index is 11.6. The van der Waals surface area contributed by atoms with Crippen LogP contribution in [-0.2, 0) is 16.6 Å². The number of hydrogen-bond donors (Lipinski definition) is 2. The molecule has 0 radical (unpaired) electrons. The monoisotopic (exact) mass is 270 g/mol. The molecule has 0 fully saturated rings. The van der Waals surface area contributed by atoms with Crippen molar-refractivity contribution in [1.29, 1.82) is 0 Å². The van der Waals surface area contributed by atoms with E-state index in [9.17, 15) is 8.42 Å². The van der Waals surface area contributed by atoms with Gasteiger partial charge in [-0.15, -0.1) is 0 Å². The summed E-state index contributed by atoms with van der Waals surface area (Å²) in [5, 5.41) is 0. The third kappa shape index (κ3) is 5.16. The lowest BCUT2D eigenvalue weighted by Gasteiger charge is -2.08. The zero-order valence-electron chi connectivity index (χ0n) is 11.0. The molecule has 0 atom stereocenters. The van der Waals surface area contributed by atoms with Gasteiger partial charge < -0.3 is 5.73 Å². The van der Waals surface area contributed by atoms with E-state index in [1.165, 1.54) is 5.56 Å². The molecule has 0 aliphatic rings. The van der Waals surface area contributed by atoms with Crippen LogP contribution in [0.4, 0.5) is 0 Å². The topological polar surface area (TPSA) is 72.2 Å². The zero-order chi connectivity index (χ0) is 13.6. The quantitative estimate of drug-likeness (QED) is 0.790. The Hall–Kier alpha value is -0.910. The average Bonchev–Trinajstić information content (AvgIpc) is 2.35. The second-order valence-corrected chi connectivity index (χ2v) is 6.60. The Balaban J connectivity index is 2.53. The highest BCUT2D eigenvalue weighted by atomic mass is 32.2. The van der Waals surface area contributed by atoms with E-state index in [0.717, 1.165) is 5.56 Å². The van der Waals surface area contributed by atoms with Crippen molar-refractivity contribution >= 4 is 10.0 Å². The molecule has 0 aromatic heterocycles. The number of rotatable bonds is 7. The van der Waals surface area contributed by atoms with Crippen LogP contribution in [0.15, 0.2) is 24.3 Å². The second kappa shape index (κ2) is 6.87. The maximum absolute atomic E-state index is 11.6. The number of nitrogens with one attached hydrogen (secondary N) is 1. The van der Waals surface area contributed by atoms with Crippen molar-refractivity contribution in [2.24, 2.45) is 5.73 Å². The Kier molecular flexibility index (Phi) is 5.78. The highest BCUT2D eigenvalue weighted by Crippen LogP contribution is 2.14. The van der Waals surface area contributed by atoms with Crippen molar-refractivity contribution in [2.45, 2.75) is 32.7 Å². The molecule has 1 rings (SSSR count). The van der Waals surface area contributed by atoms with Crippen molar-refractivity contribution in [1.82, 2.24) is 4.72 Å². The van der Waals surface area contributed by atoms with Gasteiger partial charge in [0.05, 0.1) is 5.75 Å². The van der Waals surface area contributed by atoms with Crippen LogP contribution in [-0.4, -0.2) is 20.7 Å². The van der Waals surface area contributed by atoms with Gasteiger partial charge in [0.1, 0.15) is 0 Å². The molecule has 0 saturated carbocycles. The Morgan fingerprint density at radius 2 is 1.83 bits per heavy atom. The Labute approximate surface area is 110 Å². The van der Waals surface area contributed by atoms with Crippen LogP contribution in [0.25, 0.3) is 0 Å². The van der Waals surface area contributed by atoms with Gasteiger partial charge in [-0.3, -0.25) is 0 Å². The average molecular weight is 270 g/mol. The highest BCUT2D eigenvalue weighted by molar-refractivity contribution is 7.89. The summed E-state index contributed by atoms with van der Waals surface area (Å²) in [6.07, 6.45) is 0.488. The van der Waals surface area contributed by atoms with Crippen molar-refractivity contribution in [3.63, 3.8) is 0 Å². The first kappa shape index (κ1) is 15.1. The summed E-state index contributed by atoms with van der Waals surface area (Å²) < 4.78 is 25.7. The fraction of sp³-hybridized carbons (Fsp3) is 0.538. The highest BCUT2D eigenvalue weighted by Gasteiger charge is 2.08. The molecule has 0 heterocycles. The van der Waals surface area contributed by atoms with E-state index < -0.39 is 10.0 Å². The summed E-state index contributed by atoms with van der Waals surface area (Å²) in [6, 6.07) is 7.99. The van der Waals surface area contributed by atoms with E-state index in [1.54, 1.807) is 0 Å². The molecule has 5 heteroatoms. The molecule has 0 aliphatic carbocycles. The minimum Gasteiger partial charge on any atom is -0.330 e. The van der Waals surface area contributed by atoms with Crippen LogP contribution in [0.3, 0.4) is 0 Å². The number of nitrogens with two attached hydrogens (primary N) is 1. The molecule has 0 amide bonds. The molecular weight excluding hydrogens is 248 g/mol. The Bertz CT molecular complexity index is 452. The molecule has 1 aromatic carbocycles. The largest absolute Gasteiger partial charge is 0.330 e. The van der Waals surface area contributed by atoms with Crippen LogP contribution in [0.5, 0.6) is 0 Å². The zero-order valence-corrected chi connectivity index (χ0v) is 11.8. The lowest BCUT2D eigenvalue weighted by Crippen LogP contribution is -2.27. The molecule has 0 aliphatic heterocycles. The van der Waals surface area contributed by atoms with Crippen LogP contribution >= 0.6 is 0 Å². The third-order valence-corrected chi connectivity index (χ3v) is 4.17. The number of hydrogen-bond acceptors (Lipinski definition) is 3. The lowest BCUT2D eigenvalue weighted by atomic mass is 10.0. The van der Waals surface area contributed by atoms with Gasteiger partial charge in [-0.05, 0) is 30.0 Å². The summed E-state index contributed by atoms with van der Waals surface area (Å²) in [7, 11) is -3.20. The van der Waals surface area contributed by atoms with E-state index >= 15 is 0 Å². The van der Waals surface area contributed by atoms with E-state index in [2.05, 4.69) is 18.6 Å². The van der Waals surface area contributed by atoms with Gasteiger partial charge in [0.2, 0.25) is 10.0 Å². The fourth-order valence-electron chi connectivity index (χ4n) is 1.56. The first-order valence-electron chi connectivity index (χ1n) is 6.21. The van der Waals surface area contributed by atoms with Gasteiger partial charge >= 0.3 is 0 Å². The molecule has 0 spiro atoms. The summed E-state index contributed by atoms with van der Waals surface area (Å²) in [4.78, 5) is 0. The van der Waals surface area contributed by atoms with Gasteiger partial charge in [-0.25, -0.2) is 13.1 Å². The van der Waals surface area contributed by atoms with Gasteiger partial charge in [-0.2, -0.15) is 0 Å². The molecule has 0 saturated heterocycles. The van der Waals surface area contributed by atoms with Crippen molar-refractivity contribution in [3.8, 4) is 0 Å². The lowest BCUT2D eigenvalue weighted by molar-refractivity contribution is 0.579. The molecule has 18 heavy (non-hydrogen) atoms. The molecule has 4 nitrogen and oxygen atoms in total. The standard InChI is InChI=1S/C13H22N2O2S/c1-11(2)13-6-4-12(5-7-13)10-15-18(16,17)9-3-8-14/h4-7,11,15H,3,8-10,14H2,1-2H3. The smallest absolute Gasteiger partial charge is 0.211 e. The molecule has 0 bridgehead atoms.